The van der Waals surface area contributed by atoms with Crippen LogP contribution in [0.5, 0.6) is 0 Å². The number of carbonyl (C=O) groups excluding carboxylic acids is 3. The molecule has 7 nitrogen and oxygen atoms in total. The molecule has 0 aliphatic carbocycles. The van der Waals surface area contributed by atoms with Crippen molar-refractivity contribution in [2.75, 3.05) is 31.7 Å². The molecule has 4 amide bonds. The average molecular weight is 383 g/mol. The van der Waals surface area contributed by atoms with E-state index in [-0.39, 0.29) is 18.6 Å². The number of morpholine rings is 1. The van der Waals surface area contributed by atoms with Crippen molar-refractivity contribution < 1.29 is 32.3 Å². The van der Waals surface area contributed by atoms with Crippen LogP contribution in [0.4, 0.5) is 23.7 Å². The maximum Gasteiger partial charge on any atom is 0.416 e. The fraction of sp³-hybridized carbons (Fsp3) is 0.471. The van der Waals surface area contributed by atoms with E-state index < -0.39 is 41.0 Å². The predicted octanol–water partition coefficient (Wildman–Crippen LogP) is 1.16. The average Bonchev–Trinajstić information content (AvgIpc) is 2.63. The molecule has 2 fully saturated rings. The van der Waals surface area contributed by atoms with Crippen LogP contribution < -0.4 is 10.2 Å². The highest BCUT2D eigenvalue weighted by Gasteiger charge is 2.62. The third kappa shape index (κ3) is 2.43. The van der Waals surface area contributed by atoms with Gasteiger partial charge in [0.15, 0.2) is 5.41 Å². The number of hydrogen-bond acceptors (Lipinski definition) is 5. The van der Waals surface area contributed by atoms with Crippen molar-refractivity contribution in [3.05, 3.63) is 29.3 Å². The first kappa shape index (κ1) is 17.8. The van der Waals surface area contributed by atoms with Gasteiger partial charge in [0.05, 0.1) is 24.8 Å². The Morgan fingerprint density at radius 3 is 2.70 bits per heavy atom. The van der Waals surface area contributed by atoms with Crippen molar-refractivity contribution in [2.24, 2.45) is 5.41 Å². The number of hydrogen-bond donors (Lipinski definition) is 1. The van der Waals surface area contributed by atoms with E-state index in [4.69, 9.17) is 4.74 Å². The molecule has 1 spiro atoms. The van der Waals surface area contributed by atoms with E-state index in [1.165, 1.54) is 13.1 Å². The summed E-state index contributed by atoms with van der Waals surface area (Å²) in [4.78, 5) is 40.2. The maximum absolute atomic E-state index is 13.2. The Kier molecular flexibility index (Phi) is 3.74. The second kappa shape index (κ2) is 5.69. The molecule has 1 aromatic carbocycles. The summed E-state index contributed by atoms with van der Waals surface area (Å²) in [7, 11) is 1.24. The van der Waals surface area contributed by atoms with Gasteiger partial charge in [-0.15, -0.1) is 0 Å². The van der Waals surface area contributed by atoms with Gasteiger partial charge in [-0.2, -0.15) is 13.2 Å². The monoisotopic (exact) mass is 383 g/mol. The molecule has 0 saturated carbocycles. The lowest BCUT2D eigenvalue weighted by Gasteiger charge is -2.53. The highest BCUT2D eigenvalue weighted by atomic mass is 19.4. The predicted molar refractivity (Wildman–Crippen MR) is 85.8 cm³/mol. The first-order chi connectivity index (χ1) is 12.7. The van der Waals surface area contributed by atoms with Crippen molar-refractivity contribution >= 4 is 23.5 Å². The third-order valence-electron chi connectivity index (χ3n) is 5.50. The van der Waals surface area contributed by atoms with E-state index in [9.17, 15) is 27.6 Å². The standard InChI is InChI=1S/C17H16F3N3O4/c1-22-14(25)16(13(24)21-15(22)26)7-9-6-10(17(18,19)20)2-3-11(9)23-4-5-27-8-12(16)23/h2-3,6,12H,4-5,7-8H2,1H3,(H,21,24,26)/t12-,16+/m1/s1. The molecule has 0 unspecified atom stereocenters. The van der Waals surface area contributed by atoms with Crippen LogP contribution in [-0.4, -0.2) is 55.6 Å². The van der Waals surface area contributed by atoms with Crippen molar-refractivity contribution in [3.8, 4) is 0 Å². The van der Waals surface area contributed by atoms with E-state index in [1.54, 1.807) is 4.90 Å². The van der Waals surface area contributed by atoms with Gasteiger partial charge in [0, 0.05) is 19.3 Å². The maximum atomic E-state index is 13.2. The first-order valence-electron chi connectivity index (χ1n) is 8.34. The highest BCUT2D eigenvalue weighted by Crippen LogP contribution is 2.46. The number of urea groups is 1. The minimum absolute atomic E-state index is 0.0572. The lowest BCUT2D eigenvalue weighted by molar-refractivity contribution is -0.155. The molecule has 27 heavy (non-hydrogen) atoms. The Labute approximate surface area is 152 Å². The Morgan fingerprint density at radius 1 is 1.26 bits per heavy atom. The minimum Gasteiger partial charge on any atom is -0.377 e. The normalized spacial score (nSPS) is 28.1. The van der Waals surface area contributed by atoms with Crippen LogP contribution >= 0.6 is 0 Å². The molecular formula is C17H16F3N3O4. The van der Waals surface area contributed by atoms with Crippen LogP contribution in [0.1, 0.15) is 11.1 Å². The smallest absolute Gasteiger partial charge is 0.377 e. The Bertz CT molecular complexity index is 856. The van der Waals surface area contributed by atoms with Crippen LogP contribution in [0.2, 0.25) is 0 Å². The molecule has 4 rings (SSSR count). The molecule has 3 heterocycles. The lowest BCUT2D eigenvalue weighted by Crippen LogP contribution is -2.73. The number of imide groups is 2. The number of carbonyl (C=O) groups is 3. The Balaban J connectivity index is 1.89. The van der Waals surface area contributed by atoms with E-state index in [0.717, 1.165) is 17.0 Å². The summed E-state index contributed by atoms with van der Waals surface area (Å²) in [6.07, 6.45) is -4.78. The number of nitrogens with zero attached hydrogens (tertiary/aromatic N) is 2. The first-order valence-corrected chi connectivity index (χ1v) is 8.34. The summed E-state index contributed by atoms with van der Waals surface area (Å²) in [6, 6.07) is 1.76. The van der Waals surface area contributed by atoms with Gasteiger partial charge < -0.3 is 9.64 Å². The van der Waals surface area contributed by atoms with E-state index in [0.29, 0.717) is 18.8 Å². The molecule has 144 valence electrons. The zero-order chi connectivity index (χ0) is 19.6. The summed E-state index contributed by atoms with van der Waals surface area (Å²) in [5, 5.41) is 2.15. The van der Waals surface area contributed by atoms with Gasteiger partial charge in [-0.3, -0.25) is 19.8 Å². The molecule has 1 N–H and O–H groups in total. The number of halogens is 3. The fourth-order valence-electron chi connectivity index (χ4n) is 4.13. The number of rotatable bonds is 0. The fourth-order valence-corrected chi connectivity index (χ4v) is 4.13. The lowest BCUT2D eigenvalue weighted by atomic mass is 9.68. The van der Waals surface area contributed by atoms with Crippen LogP contribution in [-0.2, 0) is 26.9 Å². The van der Waals surface area contributed by atoms with Gasteiger partial charge in [-0.25, -0.2) is 4.79 Å². The summed E-state index contributed by atoms with van der Waals surface area (Å²) in [5.41, 5.74) is -1.78. The molecular weight excluding hydrogens is 367 g/mol. The zero-order valence-corrected chi connectivity index (χ0v) is 14.3. The van der Waals surface area contributed by atoms with Crippen LogP contribution in [0.25, 0.3) is 0 Å². The number of alkyl halides is 3. The second-order valence-electron chi connectivity index (χ2n) is 6.90. The summed E-state index contributed by atoms with van der Waals surface area (Å²) >= 11 is 0. The van der Waals surface area contributed by atoms with Crippen LogP contribution in [0.15, 0.2) is 18.2 Å². The number of nitrogens with one attached hydrogen (secondary N) is 1. The van der Waals surface area contributed by atoms with Gasteiger partial charge in [-0.05, 0) is 30.2 Å². The van der Waals surface area contributed by atoms with Crippen molar-refractivity contribution in [1.29, 1.82) is 0 Å². The van der Waals surface area contributed by atoms with Gasteiger partial charge in [0.1, 0.15) is 0 Å². The van der Waals surface area contributed by atoms with Crippen molar-refractivity contribution in [3.63, 3.8) is 0 Å². The third-order valence-corrected chi connectivity index (χ3v) is 5.50. The summed E-state index contributed by atoms with van der Waals surface area (Å²) < 4.78 is 44.9. The zero-order valence-electron chi connectivity index (χ0n) is 14.3. The van der Waals surface area contributed by atoms with Gasteiger partial charge in [0.2, 0.25) is 11.8 Å². The minimum atomic E-state index is -4.55. The number of anilines is 1. The number of amides is 4. The van der Waals surface area contributed by atoms with E-state index >= 15 is 0 Å². The van der Waals surface area contributed by atoms with Gasteiger partial charge >= 0.3 is 12.2 Å². The number of ether oxygens (including phenoxy) is 1. The van der Waals surface area contributed by atoms with Crippen LogP contribution in [0.3, 0.4) is 0 Å². The number of fused-ring (bicyclic) bond motifs is 4. The number of barbiturate groups is 1. The number of benzene rings is 1. The van der Waals surface area contributed by atoms with Crippen molar-refractivity contribution in [2.45, 2.75) is 18.6 Å². The molecule has 2 atom stereocenters. The Morgan fingerprint density at radius 2 is 2.00 bits per heavy atom. The topological polar surface area (TPSA) is 79.0 Å². The largest absolute Gasteiger partial charge is 0.416 e. The van der Waals surface area contributed by atoms with Gasteiger partial charge in [0.25, 0.3) is 0 Å². The van der Waals surface area contributed by atoms with Gasteiger partial charge in [-0.1, -0.05) is 0 Å². The van der Waals surface area contributed by atoms with Crippen LogP contribution in [0, 0.1) is 5.41 Å². The molecule has 10 heteroatoms. The molecule has 3 aliphatic rings. The Hall–Kier alpha value is -2.62. The second-order valence-corrected chi connectivity index (χ2v) is 6.90. The summed E-state index contributed by atoms with van der Waals surface area (Å²) in [5.74, 6) is -1.54. The molecule has 3 aliphatic heterocycles. The molecule has 0 radical (unpaired) electrons. The molecule has 2 saturated heterocycles. The molecule has 0 bridgehead atoms. The quantitative estimate of drug-likeness (QED) is 0.681. The van der Waals surface area contributed by atoms with E-state index in [1.807, 2.05) is 0 Å². The van der Waals surface area contributed by atoms with E-state index in [2.05, 4.69) is 5.32 Å². The molecule has 1 aromatic rings. The summed E-state index contributed by atoms with van der Waals surface area (Å²) in [6.45, 7) is 0.697. The van der Waals surface area contributed by atoms with Crippen molar-refractivity contribution in [1.82, 2.24) is 10.2 Å². The highest BCUT2D eigenvalue weighted by molar-refractivity contribution is 6.20. The molecule has 0 aromatic heterocycles. The SMILES string of the molecule is CN1C(=O)NC(=O)[C@@]2(Cc3cc(C(F)(F)F)ccc3N3CCOC[C@@H]32)C1=O.